The Hall–Kier alpha value is -3.83. The Labute approximate surface area is 201 Å². The van der Waals surface area contributed by atoms with Crippen molar-refractivity contribution in [3.63, 3.8) is 0 Å². The van der Waals surface area contributed by atoms with Gasteiger partial charge in [-0.1, -0.05) is 0 Å². The minimum atomic E-state index is -1.12. The van der Waals surface area contributed by atoms with Crippen molar-refractivity contribution < 1.29 is 28.3 Å². The number of ether oxygens (including phenoxy) is 2. The number of nitrogens with two attached hydrogens (primary N) is 1. The van der Waals surface area contributed by atoms with Crippen LogP contribution < -0.4 is 11.1 Å². The summed E-state index contributed by atoms with van der Waals surface area (Å²) in [5.41, 5.74) is 5.40. The Morgan fingerprint density at radius 2 is 1.97 bits per heavy atom. The summed E-state index contributed by atoms with van der Waals surface area (Å²) in [4.78, 5) is 48.6. The monoisotopic (exact) mass is 504 g/mol. The standard InChI is InChI=1S/C20H20N6O6S2/c1-20(2,3)32-19(29)26-10(18(28)30-5-4-21)6-14-23-13(9-33-14)16-24-11(7-31-16)17-25-12(8-34-17)15(22)27/h7-10H,5-6H2,1-3H3,(H2,22,27)(H,26,29)/t10-/m0/s1. The number of amides is 2. The second-order valence-electron chi connectivity index (χ2n) is 7.74. The van der Waals surface area contributed by atoms with Crippen LogP contribution in [0, 0.1) is 11.3 Å². The predicted octanol–water partition coefficient (Wildman–Crippen LogP) is 2.52. The van der Waals surface area contributed by atoms with E-state index in [9.17, 15) is 14.4 Å². The molecule has 0 bridgehead atoms. The molecule has 2 amide bonds. The highest BCUT2D eigenvalue weighted by Crippen LogP contribution is 2.28. The summed E-state index contributed by atoms with van der Waals surface area (Å²) in [6.45, 7) is 4.61. The van der Waals surface area contributed by atoms with Gasteiger partial charge >= 0.3 is 12.1 Å². The zero-order valence-corrected chi connectivity index (χ0v) is 20.0. The van der Waals surface area contributed by atoms with Gasteiger partial charge in [0, 0.05) is 17.2 Å². The molecule has 0 aliphatic carbocycles. The van der Waals surface area contributed by atoms with E-state index in [1.807, 2.05) is 0 Å². The van der Waals surface area contributed by atoms with Crippen LogP contribution in [0.2, 0.25) is 0 Å². The highest BCUT2D eigenvalue weighted by atomic mass is 32.1. The highest BCUT2D eigenvalue weighted by molar-refractivity contribution is 7.13. The van der Waals surface area contributed by atoms with Crippen molar-refractivity contribution >= 4 is 40.6 Å². The summed E-state index contributed by atoms with van der Waals surface area (Å²) in [5, 5.41) is 15.3. The molecule has 3 aromatic heterocycles. The first-order valence-electron chi connectivity index (χ1n) is 9.75. The number of carbonyl (C=O) groups is 3. The Kier molecular flexibility index (Phi) is 7.59. The Morgan fingerprint density at radius 1 is 1.21 bits per heavy atom. The molecule has 1 atom stereocenters. The third-order valence-electron chi connectivity index (χ3n) is 3.88. The molecule has 0 aliphatic rings. The fourth-order valence-corrected chi connectivity index (χ4v) is 4.09. The number of hydrogen-bond donors (Lipinski definition) is 2. The normalized spacial score (nSPS) is 11.9. The van der Waals surface area contributed by atoms with Crippen LogP contribution in [0.15, 0.2) is 21.4 Å². The van der Waals surface area contributed by atoms with Crippen molar-refractivity contribution in [1.29, 1.82) is 5.26 Å². The van der Waals surface area contributed by atoms with Crippen LogP contribution in [0.3, 0.4) is 0 Å². The fourth-order valence-electron chi connectivity index (χ4n) is 2.52. The molecule has 0 unspecified atom stereocenters. The molecule has 178 valence electrons. The molecule has 12 nitrogen and oxygen atoms in total. The largest absolute Gasteiger partial charge is 0.449 e. The number of nitrogens with one attached hydrogen (secondary N) is 1. The molecule has 0 aliphatic heterocycles. The van der Waals surface area contributed by atoms with Gasteiger partial charge in [0.05, 0.1) is 5.01 Å². The van der Waals surface area contributed by atoms with E-state index < -0.39 is 36.2 Å². The zero-order chi connectivity index (χ0) is 24.9. The first kappa shape index (κ1) is 24.8. The smallest absolute Gasteiger partial charge is 0.408 e. The minimum absolute atomic E-state index is 0.00378. The van der Waals surface area contributed by atoms with Crippen molar-refractivity contribution in [2.75, 3.05) is 6.61 Å². The molecule has 3 aromatic rings. The number of nitriles is 1. The van der Waals surface area contributed by atoms with Crippen LogP contribution in [-0.4, -0.2) is 51.2 Å². The van der Waals surface area contributed by atoms with Crippen LogP contribution in [-0.2, 0) is 20.7 Å². The second-order valence-corrected chi connectivity index (χ2v) is 9.54. The molecule has 0 fully saturated rings. The number of oxazole rings is 1. The summed E-state index contributed by atoms with van der Waals surface area (Å²) in [5.74, 6) is -1.23. The van der Waals surface area contributed by atoms with Crippen LogP contribution in [0.4, 0.5) is 4.79 Å². The Morgan fingerprint density at radius 3 is 2.62 bits per heavy atom. The molecule has 0 saturated carbocycles. The third-order valence-corrected chi connectivity index (χ3v) is 5.62. The quantitative estimate of drug-likeness (QED) is 0.432. The van der Waals surface area contributed by atoms with Crippen molar-refractivity contribution in [2.24, 2.45) is 5.73 Å². The number of rotatable bonds is 8. The number of carbonyl (C=O) groups excluding carboxylic acids is 3. The molecule has 14 heteroatoms. The predicted molar refractivity (Wildman–Crippen MR) is 121 cm³/mol. The topological polar surface area (TPSA) is 183 Å². The number of esters is 1. The zero-order valence-electron chi connectivity index (χ0n) is 18.4. The van der Waals surface area contributed by atoms with Crippen LogP contribution >= 0.6 is 22.7 Å². The summed E-state index contributed by atoms with van der Waals surface area (Å²) in [6, 6.07) is 0.587. The molecular weight excluding hydrogens is 484 g/mol. The number of primary amides is 1. The SMILES string of the molecule is CC(C)(C)OC(=O)N[C@@H](Cc1nc(-c2nc(-c3nc(C(N)=O)cs3)co2)cs1)C(=O)OCC#N. The number of hydrogen-bond acceptors (Lipinski definition) is 12. The number of thiazole rings is 2. The summed E-state index contributed by atoms with van der Waals surface area (Å²) >= 11 is 2.41. The molecule has 0 saturated heterocycles. The van der Waals surface area contributed by atoms with Gasteiger partial charge in [-0.15, -0.1) is 22.7 Å². The lowest BCUT2D eigenvalue weighted by Gasteiger charge is -2.22. The van der Waals surface area contributed by atoms with Gasteiger partial charge in [0.25, 0.3) is 5.91 Å². The first-order valence-corrected chi connectivity index (χ1v) is 11.5. The maximum atomic E-state index is 12.4. The summed E-state index contributed by atoms with van der Waals surface area (Å²) in [6.07, 6.45) is 0.569. The molecule has 0 spiro atoms. The lowest BCUT2D eigenvalue weighted by molar-refractivity contribution is -0.144. The van der Waals surface area contributed by atoms with E-state index in [2.05, 4.69) is 20.3 Å². The maximum Gasteiger partial charge on any atom is 0.408 e. The first-order chi connectivity index (χ1) is 16.1. The summed E-state index contributed by atoms with van der Waals surface area (Å²) in [7, 11) is 0. The minimum Gasteiger partial charge on any atom is -0.449 e. The lowest BCUT2D eigenvalue weighted by atomic mass is 10.2. The fraction of sp³-hybridized carbons (Fsp3) is 0.350. The molecule has 0 aromatic carbocycles. The van der Waals surface area contributed by atoms with Gasteiger partial charge in [0.15, 0.2) is 6.61 Å². The van der Waals surface area contributed by atoms with Crippen LogP contribution in [0.5, 0.6) is 0 Å². The Bertz CT molecular complexity index is 1230. The number of alkyl carbamates (subject to hydrolysis) is 1. The van der Waals surface area contributed by atoms with E-state index in [0.29, 0.717) is 21.4 Å². The number of aromatic nitrogens is 3. The maximum absolute atomic E-state index is 12.4. The van der Waals surface area contributed by atoms with E-state index >= 15 is 0 Å². The van der Waals surface area contributed by atoms with Crippen molar-refractivity contribution in [3.8, 4) is 28.4 Å². The molecule has 0 radical (unpaired) electrons. The molecule has 3 heterocycles. The van der Waals surface area contributed by atoms with Crippen molar-refractivity contribution in [3.05, 3.63) is 27.7 Å². The van der Waals surface area contributed by atoms with Crippen LogP contribution in [0.25, 0.3) is 22.3 Å². The Balaban J connectivity index is 1.74. The van der Waals surface area contributed by atoms with Crippen molar-refractivity contribution in [1.82, 2.24) is 20.3 Å². The van der Waals surface area contributed by atoms with Gasteiger partial charge < -0.3 is 24.9 Å². The van der Waals surface area contributed by atoms with E-state index in [-0.39, 0.29) is 18.0 Å². The number of nitrogens with zero attached hydrogens (tertiary/aromatic N) is 4. The van der Waals surface area contributed by atoms with E-state index in [1.54, 1.807) is 32.2 Å². The highest BCUT2D eigenvalue weighted by Gasteiger charge is 2.27. The van der Waals surface area contributed by atoms with Crippen molar-refractivity contribution in [2.45, 2.75) is 38.8 Å². The molecule has 34 heavy (non-hydrogen) atoms. The van der Waals surface area contributed by atoms with E-state index in [4.69, 9.17) is 24.9 Å². The van der Waals surface area contributed by atoms with Gasteiger partial charge in [-0.25, -0.2) is 24.5 Å². The second kappa shape index (κ2) is 10.4. The van der Waals surface area contributed by atoms with Gasteiger partial charge in [0.1, 0.15) is 46.1 Å². The molecule has 3 N–H and O–H groups in total. The van der Waals surface area contributed by atoms with E-state index in [0.717, 1.165) is 0 Å². The van der Waals surface area contributed by atoms with Gasteiger partial charge in [-0.2, -0.15) is 5.26 Å². The van der Waals surface area contributed by atoms with Gasteiger partial charge in [-0.05, 0) is 20.8 Å². The average molecular weight is 505 g/mol. The van der Waals surface area contributed by atoms with Gasteiger partial charge in [-0.3, -0.25) is 4.79 Å². The lowest BCUT2D eigenvalue weighted by Crippen LogP contribution is -2.45. The molecule has 3 rings (SSSR count). The summed E-state index contributed by atoms with van der Waals surface area (Å²) < 4.78 is 15.5. The molecular formula is C20H20N6O6S2. The van der Waals surface area contributed by atoms with Crippen LogP contribution in [0.1, 0.15) is 36.3 Å². The van der Waals surface area contributed by atoms with E-state index in [1.165, 1.54) is 34.3 Å². The third kappa shape index (κ3) is 6.59. The average Bonchev–Trinajstić information content (AvgIpc) is 3.49. The van der Waals surface area contributed by atoms with Gasteiger partial charge in [0.2, 0.25) is 5.89 Å².